The molecule has 2 aromatic rings. The highest BCUT2D eigenvalue weighted by Gasteiger charge is 2.38. The van der Waals surface area contributed by atoms with E-state index in [1.54, 1.807) is 18.2 Å². The molecule has 1 aliphatic heterocycles. The lowest BCUT2D eigenvalue weighted by molar-refractivity contribution is 0.0696. The molecule has 2 N–H and O–H groups in total. The first-order chi connectivity index (χ1) is 12.7. The van der Waals surface area contributed by atoms with Crippen molar-refractivity contribution in [2.75, 3.05) is 11.9 Å². The lowest BCUT2D eigenvalue weighted by atomic mass is 9.76. The number of rotatable bonds is 5. The number of fused-ring (bicyclic) bond motifs is 3. The molecular formula is C22H21NO3. The molecule has 0 saturated heterocycles. The normalized spacial score (nSPS) is 22.8. The van der Waals surface area contributed by atoms with Crippen molar-refractivity contribution >= 4 is 11.7 Å². The summed E-state index contributed by atoms with van der Waals surface area (Å²) in [6.45, 7) is 4.16. The van der Waals surface area contributed by atoms with Crippen LogP contribution in [0.25, 0.3) is 0 Å². The molecule has 0 saturated carbocycles. The van der Waals surface area contributed by atoms with Crippen LogP contribution in [0, 0.1) is 5.92 Å². The quantitative estimate of drug-likeness (QED) is 0.765. The summed E-state index contributed by atoms with van der Waals surface area (Å²) in [5.74, 6) is 0.569. The second-order valence-electron chi connectivity index (χ2n) is 6.75. The minimum Gasteiger partial charge on any atom is -0.490 e. The van der Waals surface area contributed by atoms with Crippen molar-refractivity contribution in [3.63, 3.8) is 0 Å². The third kappa shape index (κ3) is 2.88. The molecule has 4 nitrogen and oxygen atoms in total. The van der Waals surface area contributed by atoms with E-state index in [1.165, 1.54) is 5.56 Å². The molecule has 0 bridgehead atoms. The molecule has 2 aliphatic rings. The fraction of sp³-hybridized carbons (Fsp3) is 0.227. The van der Waals surface area contributed by atoms with Crippen LogP contribution in [0.5, 0.6) is 5.75 Å². The average molecular weight is 347 g/mol. The highest BCUT2D eigenvalue weighted by atomic mass is 16.5. The van der Waals surface area contributed by atoms with E-state index in [-0.39, 0.29) is 12.0 Å². The minimum atomic E-state index is -0.886. The molecule has 0 aromatic heterocycles. The number of aromatic carboxylic acids is 1. The van der Waals surface area contributed by atoms with E-state index in [9.17, 15) is 9.90 Å². The zero-order valence-corrected chi connectivity index (χ0v) is 14.4. The van der Waals surface area contributed by atoms with Gasteiger partial charge in [0.05, 0.1) is 11.6 Å². The van der Waals surface area contributed by atoms with Crippen LogP contribution in [0.4, 0.5) is 5.69 Å². The number of nitrogens with one attached hydrogen (secondary N) is 1. The average Bonchev–Trinajstić information content (AvgIpc) is 3.16. The van der Waals surface area contributed by atoms with Gasteiger partial charge in [0.15, 0.2) is 0 Å². The molecule has 4 heteroatoms. The van der Waals surface area contributed by atoms with E-state index in [0.29, 0.717) is 18.1 Å². The van der Waals surface area contributed by atoms with Gasteiger partial charge in [-0.1, -0.05) is 36.9 Å². The van der Waals surface area contributed by atoms with Crippen molar-refractivity contribution in [1.29, 1.82) is 0 Å². The van der Waals surface area contributed by atoms with E-state index >= 15 is 0 Å². The maximum Gasteiger partial charge on any atom is 0.335 e. The molecule has 3 atom stereocenters. The van der Waals surface area contributed by atoms with Crippen LogP contribution < -0.4 is 10.1 Å². The Labute approximate surface area is 152 Å². The van der Waals surface area contributed by atoms with E-state index in [4.69, 9.17) is 4.74 Å². The summed E-state index contributed by atoms with van der Waals surface area (Å²) >= 11 is 0. The van der Waals surface area contributed by atoms with Crippen LogP contribution in [0.2, 0.25) is 0 Å². The van der Waals surface area contributed by atoms with Gasteiger partial charge in [0, 0.05) is 11.6 Å². The minimum absolute atomic E-state index is 0.187. The van der Waals surface area contributed by atoms with E-state index in [0.717, 1.165) is 23.4 Å². The van der Waals surface area contributed by atoms with Crippen molar-refractivity contribution in [3.8, 4) is 5.75 Å². The number of hydrogen-bond acceptors (Lipinski definition) is 3. The molecule has 4 rings (SSSR count). The van der Waals surface area contributed by atoms with Gasteiger partial charge in [-0.05, 0) is 53.8 Å². The number of hydrogen-bond donors (Lipinski definition) is 2. The Balaban J connectivity index is 1.65. The lowest BCUT2D eigenvalue weighted by Crippen LogP contribution is -2.29. The van der Waals surface area contributed by atoms with Crippen molar-refractivity contribution in [2.45, 2.75) is 18.4 Å². The van der Waals surface area contributed by atoms with Crippen LogP contribution in [-0.4, -0.2) is 17.7 Å². The van der Waals surface area contributed by atoms with E-state index in [2.05, 4.69) is 36.2 Å². The molecule has 0 amide bonds. The molecule has 1 heterocycles. The monoisotopic (exact) mass is 347 g/mol. The standard InChI is InChI=1S/C22H21NO3/c1-2-12-26-16-9-6-14(7-10-16)21-18-5-3-4-17(18)19-13-15(22(24)25)8-11-20(19)23-21/h2-4,6-11,13,17-18,21,23H,1,5,12H2,(H,24,25)/t17-,18-,21+/m1/s1. The predicted octanol–water partition coefficient (Wildman–Crippen LogP) is 4.78. The number of anilines is 1. The second kappa shape index (κ2) is 6.71. The Morgan fingerprint density at radius 1 is 1.27 bits per heavy atom. The first-order valence-electron chi connectivity index (χ1n) is 8.81. The van der Waals surface area contributed by atoms with Crippen molar-refractivity contribution in [3.05, 3.63) is 84.0 Å². The summed E-state index contributed by atoms with van der Waals surface area (Å²) in [5.41, 5.74) is 3.64. The van der Waals surface area contributed by atoms with Crippen LogP contribution in [0.1, 0.15) is 39.9 Å². The summed E-state index contributed by atoms with van der Waals surface area (Å²) in [6.07, 6.45) is 7.13. The van der Waals surface area contributed by atoms with Gasteiger partial charge in [0.1, 0.15) is 12.4 Å². The molecule has 2 aromatic carbocycles. The number of allylic oxidation sites excluding steroid dienone is 2. The van der Waals surface area contributed by atoms with Crippen LogP contribution in [0.3, 0.4) is 0 Å². The second-order valence-corrected chi connectivity index (χ2v) is 6.75. The SMILES string of the molecule is C=CCOc1ccc([C@@H]2Nc3ccc(C(=O)O)cc3[C@@H]3C=CC[C@H]32)cc1. The highest BCUT2D eigenvalue weighted by molar-refractivity contribution is 5.89. The molecular weight excluding hydrogens is 326 g/mol. The Morgan fingerprint density at radius 3 is 2.81 bits per heavy atom. The topological polar surface area (TPSA) is 58.6 Å². The number of carboxylic acids is 1. The molecule has 0 fully saturated rings. The number of carbonyl (C=O) groups is 1. The fourth-order valence-corrected chi connectivity index (χ4v) is 3.98. The molecule has 0 radical (unpaired) electrons. The summed E-state index contributed by atoms with van der Waals surface area (Å²) in [4.78, 5) is 11.3. The van der Waals surface area contributed by atoms with Crippen molar-refractivity contribution in [1.82, 2.24) is 0 Å². The maximum absolute atomic E-state index is 11.3. The largest absolute Gasteiger partial charge is 0.490 e. The molecule has 1 aliphatic carbocycles. The van der Waals surface area contributed by atoms with Crippen LogP contribution >= 0.6 is 0 Å². The molecule has 0 unspecified atom stereocenters. The third-order valence-electron chi connectivity index (χ3n) is 5.22. The molecule has 132 valence electrons. The molecule has 0 spiro atoms. The summed E-state index contributed by atoms with van der Waals surface area (Å²) < 4.78 is 5.57. The van der Waals surface area contributed by atoms with Gasteiger partial charge < -0.3 is 15.2 Å². The summed E-state index contributed by atoms with van der Waals surface area (Å²) in [5, 5.41) is 12.9. The van der Waals surface area contributed by atoms with Gasteiger partial charge in [-0.25, -0.2) is 4.79 Å². The first kappa shape index (κ1) is 16.5. The Hall–Kier alpha value is -3.01. The van der Waals surface area contributed by atoms with Crippen LogP contribution in [-0.2, 0) is 0 Å². The third-order valence-corrected chi connectivity index (χ3v) is 5.22. The maximum atomic E-state index is 11.3. The number of benzene rings is 2. The Kier molecular flexibility index (Phi) is 4.25. The summed E-state index contributed by atoms with van der Waals surface area (Å²) in [7, 11) is 0. The van der Waals surface area contributed by atoms with Crippen molar-refractivity contribution in [2.24, 2.45) is 5.92 Å². The van der Waals surface area contributed by atoms with Crippen LogP contribution in [0.15, 0.2) is 67.3 Å². The van der Waals surface area contributed by atoms with Gasteiger partial charge in [0.25, 0.3) is 0 Å². The first-order valence-corrected chi connectivity index (χ1v) is 8.81. The molecule has 26 heavy (non-hydrogen) atoms. The van der Waals surface area contributed by atoms with Gasteiger partial charge >= 0.3 is 5.97 Å². The fourth-order valence-electron chi connectivity index (χ4n) is 3.98. The highest BCUT2D eigenvalue weighted by Crippen LogP contribution is 2.50. The van der Waals surface area contributed by atoms with Gasteiger partial charge in [-0.2, -0.15) is 0 Å². The summed E-state index contributed by atoms with van der Waals surface area (Å²) in [6, 6.07) is 13.7. The predicted molar refractivity (Wildman–Crippen MR) is 102 cm³/mol. The van der Waals surface area contributed by atoms with Gasteiger partial charge in [-0.3, -0.25) is 0 Å². The van der Waals surface area contributed by atoms with Gasteiger partial charge in [-0.15, -0.1) is 0 Å². The lowest BCUT2D eigenvalue weighted by Gasteiger charge is -2.37. The van der Waals surface area contributed by atoms with E-state index in [1.807, 2.05) is 18.2 Å². The Morgan fingerprint density at radius 2 is 2.08 bits per heavy atom. The smallest absolute Gasteiger partial charge is 0.335 e. The Bertz CT molecular complexity index is 869. The zero-order chi connectivity index (χ0) is 18.1. The van der Waals surface area contributed by atoms with E-state index < -0.39 is 5.97 Å². The zero-order valence-electron chi connectivity index (χ0n) is 14.4. The van der Waals surface area contributed by atoms with Gasteiger partial charge in [0.2, 0.25) is 0 Å². The number of ether oxygens (including phenoxy) is 1. The number of carboxylic acid groups (broad SMARTS) is 1. The van der Waals surface area contributed by atoms with Crippen molar-refractivity contribution < 1.29 is 14.6 Å².